The van der Waals surface area contributed by atoms with E-state index in [1.807, 2.05) is 0 Å². The van der Waals surface area contributed by atoms with Gasteiger partial charge in [0.2, 0.25) is 0 Å². The van der Waals surface area contributed by atoms with Gasteiger partial charge in [0.25, 0.3) is 0 Å². The van der Waals surface area contributed by atoms with Gasteiger partial charge in [-0.25, -0.2) is 0 Å². The molecule has 1 nitrogen and oxygen atoms in total. The van der Waals surface area contributed by atoms with Gasteiger partial charge < -0.3 is 4.74 Å². The van der Waals surface area contributed by atoms with E-state index in [9.17, 15) is 0 Å². The van der Waals surface area contributed by atoms with E-state index >= 15 is 0 Å². The van der Waals surface area contributed by atoms with Gasteiger partial charge in [0.1, 0.15) is 0 Å². The van der Waals surface area contributed by atoms with Gasteiger partial charge in [0.15, 0.2) is 0 Å². The molecule has 0 radical (unpaired) electrons. The van der Waals surface area contributed by atoms with Crippen LogP contribution in [0.1, 0.15) is 79.1 Å². The molecule has 0 saturated carbocycles. The summed E-state index contributed by atoms with van der Waals surface area (Å²) < 4.78 is 6.06. The maximum absolute atomic E-state index is 6.06. The molecule has 0 rings (SSSR count). The topological polar surface area (TPSA) is 9.23 Å². The maximum Gasteiger partial charge on any atom is 0.0641 e. The molecule has 0 fully saturated rings. The van der Waals surface area contributed by atoms with Crippen LogP contribution in [0.25, 0.3) is 0 Å². The molecule has 0 saturated heterocycles. The summed E-state index contributed by atoms with van der Waals surface area (Å²) in [5.74, 6) is 4.90. The lowest BCUT2D eigenvalue weighted by Gasteiger charge is -2.18. The van der Waals surface area contributed by atoms with Crippen LogP contribution in [-0.4, -0.2) is 35.2 Å². The van der Waals surface area contributed by atoms with E-state index in [0.29, 0.717) is 12.2 Å². The molecule has 0 aliphatic carbocycles. The standard InChI is InChI=1S/C18H38OS2/c1-5-7-9-11-13-20-15-17(3)19-18(4)16-21-14-12-10-8-6-2/h17-18H,5-16H2,1-4H3/t17-,18-/m1/s1. The van der Waals surface area contributed by atoms with Gasteiger partial charge in [-0.2, -0.15) is 23.5 Å². The average Bonchev–Trinajstić information content (AvgIpc) is 2.46. The normalized spacial score (nSPS) is 14.3. The van der Waals surface area contributed by atoms with E-state index in [1.54, 1.807) is 0 Å². The Kier molecular flexibility index (Phi) is 17.6. The summed E-state index contributed by atoms with van der Waals surface area (Å²) in [6, 6.07) is 0. The molecule has 3 heteroatoms. The minimum atomic E-state index is 0.400. The average molecular weight is 335 g/mol. The van der Waals surface area contributed by atoms with Crippen molar-refractivity contribution < 1.29 is 4.74 Å². The molecule has 0 unspecified atom stereocenters. The van der Waals surface area contributed by atoms with Gasteiger partial charge in [-0.05, 0) is 38.2 Å². The first-order chi connectivity index (χ1) is 10.2. The second kappa shape index (κ2) is 17.0. The molecule has 0 aliphatic heterocycles. The summed E-state index contributed by atoms with van der Waals surface area (Å²) in [4.78, 5) is 0. The van der Waals surface area contributed by atoms with Crippen LogP contribution in [0.2, 0.25) is 0 Å². The highest BCUT2D eigenvalue weighted by atomic mass is 32.2. The van der Waals surface area contributed by atoms with Crippen molar-refractivity contribution in [2.45, 2.75) is 91.3 Å². The van der Waals surface area contributed by atoms with E-state index in [1.165, 1.54) is 62.9 Å². The molecule has 0 amide bonds. The van der Waals surface area contributed by atoms with E-state index in [-0.39, 0.29) is 0 Å². The van der Waals surface area contributed by atoms with Crippen LogP contribution >= 0.6 is 23.5 Å². The van der Waals surface area contributed by atoms with Gasteiger partial charge in [-0.15, -0.1) is 0 Å². The zero-order chi connectivity index (χ0) is 15.8. The monoisotopic (exact) mass is 334 g/mol. The Morgan fingerprint density at radius 2 is 1.10 bits per heavy atom. The predicted molar refractivity (Wildman–Crippen MR) is 103 cm³/mol. The first-order valence-corrected chi connectivity index (χ1v) is 11.3. The Labute approximate surface area is 142 Å². The second-order valence-corrected chi connectivity index (χ2v) is 8.33. The number of rotatable bonds is 16. The van der Waals surface area contributed by atoms with Gasteiger partial charge in [-0.1, -0.05) is 52.4 Å². The molecule has 0 bridgehead atoms. The van der Waals surface area contributed by atoms with Gasteiger partial charge in [0, 0.05) is 11.5 Å². The molecule has 0 N–H and O–H groups in total. The second-order valence-electron chi connectivity index (χ2n) is 6.03. The van der Waals surface area contributed by atoms with Crippen LogP contribution in [0.3, 0.4) is 0 Å². The fourth-order valence-corrected chi connectivity index (χ4v) is 4.21. The lowest BCUT2D eigenvalue weighted by molar-refractivity contribution is 0.0354. The summed E-state index contributed by atoms with van der Waals surface area (Å²) in [6.07, 6.45) is 11.8. The van der Waals surface area contributed by atoms with Crippen LogP contribution < -0.4 is 0 Å². The minimum absolute atomic E-state index is 0.400. The number of hydrogen-bond donors (Lipinski definition) is 0. The van der Waals surface area contributed by atoms with Crippen molar-refractivity contribution in [2.75, 3.05) is 23.0 Å². The Hall–Kier alpha value is 0.660. The van der Waals surface area contributed by atoms with Crippen molar-refractivity contribution in [1.29, 1.82) is 0 Å². The lowest BCUT2D eigenvalue weighted by Crippen LogP contribution is -2.21. The smallest absolute Gasteiger partial charge is 0.0641 e. The van der Waals surface area contributed by atoms with Crippen LogP contribution in [-0.2, 0) is 4.74 Å². The largest absolute Gasteiger partial charge is 0.374 e. The lowest BCUT2D eigenvalue weighted by atomic mass is 10.2. The molecular formula is C18H38OS2. The third kappa shape index (κ3) is 16.9. The molecule has 0 aromatic rings. The molecule has 21 heavy (non-hydrogen) atoms. The van der Waals surface area contributed by atoms with E-state index in [2.05, 4.69) is 51.2 Å². The quantitative estimate of drug-likeness (QED) is 0.302. The fourth-order valence-electron chi connectivity index (χ4n) is 2.24. The Balaban J connectivity index is 3.33. The number of unbranched alkanes of at least 4 members (excludes halogenated alkanes) is 6. The Morgan fingerprint density at radius 1 is 0.667 bits per heavy atom. The Morgan fingerprint density at radius 3 is 1.48 bits per heavy atom. The van der Waals surface area contributed by atoms with Gasteiger partial charge in [-0.3, -0.25) is 0 Å². The highest BCUT2D eigenvalue weighted by Gasteiger charge is 2.08. The summed E-state index contributed by atoms with van der Waals surface area (Å²) in [5, 5.41) is 0. The molecule has 0 heterocycles. The SMILES string of the molecule is CCCCCCSC[C@@H](C)O[C@H](C)CSCCCCCC. The highest BCUT2D eigenvalue weighted by molar-refractivity contribution is 7.99. The van der Waals surface area contributed by atoms with Crippen LogP contribution in [0.15, 0.2) is 0 Å². The first kappa shape index (κ1) is 21.7. The zero-order valence-electron chi connectivity index (χ0n) is 14.9. The summed E-state index contributed by atoms with van der Waals surface area (Å²) in [7, 11) is 0. The first-order valence-electron chi connectivity index (χ1n) is 9.01. The molecule has 0 spiro atoms. The number of ether oxygens (including phenoxy) is 1. The molecule has 0 aromatic heterocycles. The molecule has 2 atom stereocenters. The third-order valence-corrected chi connectivity index (χ3v) is 6.02. The number of thioether (sulfide) groups is 2. The van der Waals surface area contributed by atoms with Crippen molar-refractivity contribution in [2.24, 2.45) is 0 Å². The van der Waals surface area contributed by atoms with Gasteiger partial charge >= 0.3 is 0 Å². The summed E-state index contributed by atoms with van der Waals surface area (Å²) in [5.41, 5.74) is 0. The van der Waals surface area contributed by atoms with Crippen molar-refractivity contribution in [3.63, 3.8) is 0 Å². The number of hydrogen-bond acceptors (Lipinski definition) is 3. The van der Waals surface area contributed by atoms with E-state index < -0.39 is 0 Å². The highest BCUT2D eigenvalue weighted by Crippen LogP contribution is 2.14. The predicted octanol–water partition coefficient (Wildman–Crippen LogP) is 6.41. The van der Waals surface area contributed by atoms with E-state index in [4.69, 9.17) is 4.74 Å². The zero-order valence-corrected chi connectivity index (χ0v) is 16.5. The van der Waals surface area contributed by atoms with Crippen molar-refractivity contribution in [3.05, 3.63) is 0 Å². The maximum atomic E-state index is 6.06. The molecule has 0 aliphatic rings. The van der Waals surface area contributed by atoms with Crippen LogP contribution in [0.4, 0.5) is 0 Å². The molecule has 128 valence electrons. The van der Waals surface area contributed by atoms with Crippen LogP contribution in [0, 0.1) is 0 Å². The van der Waals surface area contributed by atoms with Crippen molar-refractivity contribution in [1.82, 2.24) is 0 Å². The Bertz CT molecular complexity index is 180. The third-order valence-electron chi connectivity index (χ3n) is 3.45. The molecule has 0 aromatic carbocycles. The van der Waals surface area contributed by atoms with Gasteiger partial charge in [0.05, 0.1) is 12.2 Å². The molecular weight excluding hydrogens is 296 g/mol. The van der Waals surface area contributed by atoms with Crippen LogP contribution in [0.5, 0.6) is 0 Å². The minimum Gasteiger partial charge on any atom is -0.374 e. The summed E-state index contributed by atoms with van der Waals surface area (Å²) in [6.45, 7) is 8.99. The summed E-state index contributed by atoms with van der Waals surface area (Å²) >= 11 is 4.12. The fraction of sp³-hybridized carbons (Fsp3) is 1.00. The van der Waals surface area contributed by atoms with Crippen molar-refractivity contribution >= 4 is 23.5 Å². The van der Waals surface area contributed by atoms with Crippen molar-refractivity contribution in [3.8, 4) is 0 Å². The van der Waals surface area contributed by atoms with E-state index in [0.717, 1.165) is 11.5 Å².